The largest absolute Gasteiger partial charge is 0.496 e. The molecule has 2 unspecified atom stereocenters. The average molecular weight is 475 g/mol. The van der Waals surface area contributed by atoms with Gasteiger partial charge in [0.25, 0.3) is 5.91 Å². The van der Waals surface area contributed by atoms with Crippen LogP contribution in [0.5, 0.6) is 5.75 Å². The molecule has 3 aromatic rings. The third-order valence-electron chi connectivity index (χ3n) is 6.16. The summed E-state index contributed by atoms with van der Waals surface area (Å²) in [5, 5.41) is 3.11. The molecule has 0 saturated carbocycles. The van der Waals surface area contributed by atoms with E-state index in [1.54, 1.807) is 18.9 Å². The molecule has 0 aliphatic carbocycles. The summed E-state index contributed by atoms with van der Waals surface area (Å²) in [6.07, 6.45) is 0.783. The number of hydrogen-bond acceptors (Lipinski definition) is 4. The minimum atomic E-state index is -0.108. The number of rotatable bonds is 8. The molecular formula is C28H30N2O3S. The van der Waals surface area contributed by atoms with E-state index in [0.717, 1.165) is 34.4 Å². The van der Waals surface area contributed by atoms with Gasteiger partial charge in [-0.15, -0.1) is 11.8 Å². The molecule has 34 heavy (non-hydrogen) atoms. The molecule has 1 saturated heterocycles. The van der Waals surface area contributed by atoms with E-state index in [1.807, 2.05) is 78.6 Å². The normalized spacial score (nSPS) is 16.4. The Morgan fingerprint density at radius 2 is 1.85 bits per heavy atom. The van der Waals surface area contributed by atoms with Crippen LogP contribution in [0.2, 0.25) is 0 Å². The van der Waals surface area contributed by atoms with E-state index in [4.69, 9.17) is 4.74 Å². The summed E-state index contributed by atoms with van der Waals surface area (Å²) in [7, 11) is 1.66. The molecule has 3 aromatic carbocycles. The van der Waals surface area contributed by atoms with Crippen LogP contribution in [0, 0.1) is 6.92 Å². The van der Waals surface area contributed by atoms with Gasteiger partial charge in [0, 0.05) is 12.1 Å². The van der Waals surface area contributed by atoms with Crippen LogP contribution in [0.1, 0.15) is 57.4 Å². The van der Waals surface area contributed by atoms with Crippen molar-refractivity contribution in [2.45, 2.75) is 38.2 Å². The highest BCUT2D eigenvalue weighted by atomic mass is 32.2. The fourth-order valence-corrected chi connectivity index (χ4v) is 5.45. The monoisotopic (exact) mass is 474 g/mol. The summed E-state index contributed by atoms with van der Waals surface area (Å²) in [4.78, 5) is 27.4. The van der Waals surface area contributed by atoms with Crippen molar-refractivity contribution < 1.29 is 14.3 Å². The Morgan fingerprint density at radius 1 is 1.12 bits per heavy atom. The van der Waals surface area contributed by atoms with Gasteiger partial charge in [0.15, 0.2) is 0 Å². The van der Waals surface area contributed by atoms with Crippen molar-refractivity contribution in [3.8, 4) is 5.75 Å². The van der Waals surface area contributed by atoms with Crippen molar-refractivity contribution in [1.29, 1.82) is 0 Å². The number of carbonyl (C=O) groups excluding carboxylic acids is 2. The number of nitrogens with zero attached hydrogens (tertiary/aromatic N) is 1. The van der Waals surface area contributed by atoms with E-state index in [1.165, 1.54) is 0 Å². The van der Waals surface area contributed by atoms with Crippen LogP contribution in [-0.2, 0) is 11.3 Å². The van der Waals surface area contributed by atoms with Crippen LogP contribution in [-0.4, -0.2) is 29.6 Å². The quantitative estimate of drug-likeness (QED) is 0.458. The van der Waals surface area contributed by atoms with Crippen LogP contribution < -0.4 is 10.1 Å². The molecule has 0 aromatic heterocycles. The molecule has 1 fully saturated rings. The summed E-state index contributed by atoms with van der Waals surface area (Å²) in [6.45, 7) is 4.64. The lowest BCUT2D eigenvalue weighted by atomic mass is 10.0. The number of thioether (sulfide) groups is 1. The maximum Gasteiger partial charge on any atom is 0.251 e. The molecule has 0 bridgehead atoms. The summed E-state index contributed by atoms with van der Waals surface area (Å²) in [5.41, 5.74) is 4.85. The number of carbonyl (C=O) groups is 2. The first-order chi connectivity index (χ1) is 16.5. The highest BCUT2D eigenvalue weighted by molar-refractivity contribution is 8.00. The summed E-state index contributed by atoms with van der Waals surface area (Å²) in [5.74, 6) is 1.34. The molecule has 2 atom stereocenters. The maximum absolute atomic E-state index is 13.0. The first-order valence-corrected chi connectivity index (χ1v) is 12.6. The Hall–Kier alpha value is -3.25. The molecule has 1 aliphatic heterocycles. The minimum absolute atomic E-state index is 0.0459. The van der Waals surface area contributed by atoms with E-state index < -0.39 is 0 Å². The fraction of sp³-hybridized carbons (Fsp3) is 0.286. The maximum atomic E-state index is 13.0. The van der Waals surface area contributed by atoms with Crippen LogP contribution in [0.3, 0.4) is 0 Å². The van der Waals surface area contributed by atoms with Gasteiger partial charge in [0.2, 0.25) is 5.91 Å². The molecule has 0 radical (unpaired) electrons. The first-order valence-electron chi connectivity index (χ1n) is 11.5. The predicted molar refractivity (Wildman–Crippen MR) is 137 cm³/mol. The van der Waals surface area contributed by atoms with E-state index in [2.05, 4.69) is 18.3 Å². The standard InChI is InChI=1S/C28H30N2O3S/c1-4-24(23-14-15-25(33-3)19(2)16-23)29-27(32)21-10-12-22(13-11-21)28-30(26(31)18-34-28)17-20-8-6-5-7-9-20/h5-16,24,28H,4,17-18H2,1-3H3,(H,29,32). The second kappa shape index (κ2) is 10.8. The molecule has 4 rings (SSSR count). The second-order valence-electron chi connectivity index (χ2n) is 8.46. The van der Waals surface area contributed by atoms with Crippen molar-refractivity contribution in [3.63, 3.8) is 0 Å². The number of ether oxygens (including phenoxy) is 1. The lowest BCUT2D eigenvalue weighted by Gasteiger charge is -2.24. The third kappa shape index (κ3) is 5.28. The Balaban J connectivity index is 1.45. The van der Waals surface area contributed by atoms with Gasteiger partial charge >= 0.3 is 0 Å². The highest BCUT2D eigenvalue weighted by Crippen LogP contribution is 2.39. The molecule has 5 nitrogen and oxygen atoms in total. The van der Waals surface area contributed by atoms with Gasteiger partial charge in [-0.2, -0.15) is 0 Å². The van der Waals surface area contributed by atoms with Gasteiger partial charge in [-0.25, -0.2) is 0 Å². The van der Waals surface area contributed by atoms with Gasteiger partial charge in [-0.3, -0.25) is 9.59 Å². The zero-order valence-corrected chi connectivity index (χ0v) is 20.6. The second-order valence-corrected chi connectivity index (χ2v) is 9.52. The van der Waals surface area contributed by atoms with Crippen molar-refractivity contribution in [2.24, 2.45) is 0 Å². The van der Waals surface area contributed by atoms with Crippen molar-refractivity contribution in [2.75, 3.05) is 12.9 Å². The van der Waals surface area contributed by atoms with Crippen LogP contribution in [0.15, 0.2) is 72.8 Å². The van der Waals surface area contributed by atoms with Gasteiger partial charge in [-0.1, -0.05) is 61.5 Å². The number of nitrogens with one attached hydrogen (secondary N) is 1. The topological polar surface area (TPSA) is 58.6 Å². The van der Waals surface area contributed by atoms with Gasteiger partial charge in [0.05, 0.1) is 18.9 Å². The molecule has 2 amide bonds. The Bertz CT molecular complexity index is 1150. The first kappa shape index (κ1) is 23.9. The predicted octanol–water partition coefficient (Wildman–Crippen LogP) is 5.66. The summed E-state index contributed by atoms with van der Waals surface area (Å²) in [6, 6.07) is 23.6. The molecule has 0 spiro atoms. The van der Waals surface area contributed by atoms with E-state index in [0.29, 0.717) is 17.9 Å². The Kier molecular flexibility index (Phi) is 7.58. The van der Waals surface area contributed by atoms with Gasteiger partial charge in [-0.05, 0) is 53.8 Å². The molecule has 1 N–H and O–H groups in total. The summed E-state index contributed by atoms with van der Waals surface area (Å²) < 4.78 is 5.35. The molecule has 1 aliphatic rings. The van der Waals surface area contributed by atoms with E-state index >= 15 is 0 Å². The zero-order chi connectivity index (χ0) is 24.1. The number of methoxy groups -OCH3 is 1. The Labute approximate surface area is 205 Å². The lowest BCUT2D eigenvalue weighted by Crippen LogP contribution is -2.29. The van der Waals surface area contributed by atoms with Gasteiger partial charge < -0.3 is 15.0 Å². The number of aryl methyl sites for hydroxylation is 1. The van der Waals surface area contributed by atoms with Gasteiger partial charge in [0.1, 0.15) is 11.1 Å². The SMILES string of the molecule is CCC(NC(=O)c1ccc(C2SCC(=O)N2Cc2ccccc2)cc1)c1ccc(OC)c(C)c1. The molecule has 176 valence electrons. The van der Waals surface area contributed by atoms with Crippen LogP contribution in [0.4, 0.5) is 0 Å². The number of benzene rings is 3. The number of amides is 2. The zero-order valence-electron chi connectivity index (χ0n) is 19.8. The smallest absolute Gasteiger partial charge is 0.251 e. The number of hydrogen-bond donors (Lipinski definition) is 1. The van der Waals surface area contributed by atoms with E-state index in [9.17, 15) is 9.59 Å². The average Bonchev–Trinajstić information content (AvgIpc) is 3.22. The Morgan fingerprint density at radius 3 is 2.50 bits per heavy atom. The fourth-order valence-electron chi connectivity index (χ4n) is 4.26. The van der Waals surface area contributed by atoms with E-state index in [-0.39, 0.29) is 23.2 Å². The summed E-state index contributed by atoms with van der Waals surface area (Å²) >= 11 is 1.63. The minimum Gasteiger partial charge on any atom is -0.496 e. The van der Waals surface area contributed by atoms with Crippen LogP contribution >= 0.6 is 11.8 Å². The van der Waals surface area contributed by atoms with Crippen molar-refractivity contribution >= 4 is 23.6 Å². The third-order valence-corrected chi connectivity index (χ3v) is 7.41. The lowest BCUT2D eigenvalue weighted by molar-refractivity contribution is -0.128. The van der Waals surface area contributed by atoms with Crippen molar-refractivity contribution in [3.05, 3.63) is 101 Å². The molecular weight excluding hydrogens is 444 g/mol. The molecule has 6 heteroatoms. The van der Waals surface area contributed by atoms with Crippen molar-refractivity contribution in [1.82, 2.24) is 10.2 Å². The molecule has 1 heterocycles. The van der Waals surface area contributed by atoms with Crippen LogP contribution in [0.25, 0.3) is 0 Å². The highest BCUT2D eigenvalue weighted by Gasteiger charge is 2.32.